The molecule has 114 valence electrons. The fraction of sp³-hybridized carbons (Fsp3) is 1.00. The molecule has 19 heavy (non-hydrogen) atoms. The van der Waals surface area contributed by atoms with Crippen molar-refractivity contribution in [3.8, 4) is 0 Å². The van der Waals surface area contributed by atoms with Crippen molar-refractivity contribution < 1.29 is 0 Å². The molecule has 1 saturated carbocycles. The lowest BCUT2D eigenvalue weighted by Gasteiger charge is -2.38. The minimum Gasteiger partial charge on any atom is -0.312 e. The maximum Gasteiger partial charge on any atom is 0.00966 e. The first kappa shape index (κ1) is 17.0. The van der Waals surface area contributed by atoms with Gasteiger partial charge in [0.25, 0.3) is 0 Å². The van der Waals surface area contributed by atoms with E-state index in [-0.39, 0.29) is 5.54 Å². The molecule has 0 bridgehead atoms. The van der Waals surface area contributed by atoms with E-state index in [9.17, 15) is 0 Å². The Hall–Kier alpha value is -0.0400. The normalized spacial score (nSPS) is 28.9. The van der Waals surface area contributed by atoms with E-state index in [1.165, 1.54) is 45.1 Å². The van der Waals surface area contributed by atoms with E-state index in [0.29, 0.717) is 0 Å². The summed E-state index contributed by atoms with van der Waals surface area (Å²) < 4.78 is 0. The van der Waals surface area contributed by atoms with E-state index in [0.717, 1.165) is 23.7 Å². The molecule has 3 atom stereocenters. The fourth-order valence-electron chi connectivity index (χ4n) is 3.61. The van der Waals surface area contributed by atoms with E-state index in [1.807, 2.05) is 0 Å². The molecule has 0 heterocycles. The summed E-state index contributed by atoms with van der Waals surface area (Å²) in [6.07, 6.45) is 8.54. The van der Waals surface area contributed by atoms with Crippen molar-refractivity contribution in [1.29, 1.82) is 0 Å². The topological polar surface area (TPSA) is 12.0 Å². The summed E-state index contributed by atoms with van der Waals surface area (Å²) in [7, 11) is 0. The Bertz CT molecular complexity index is 237. The van der Waals surface area contributed by atoms with Crippen molar-refractivity contribution >= 4 is 0 Å². The van der Waals surface area contributed by atoms with E-state index in [2.05, 4.69) is 46.9 Å². The van der Waals surface area contributed by atoms with Crippen molar-refractivity contribution in [3.63, 3.8) is 0 Å². The summed E-state index contributed by atoms with van der Waals surface area (Å²) in [5.41, 5.74) is 0.266. The van der Waals surface area contributed by atoms with Crippen molar-refractivity contribution in [3.05, 3.63) is 0 Å². The highest BCUT2D eigenvalue weighted by molar-refractivity contribution is 4.83. The molecule has 1 aliphatic carbocycles. The highest BCUT2D eigenvalue weighted by Gasteiger charge is 2.30. The third-order valence-electron chi connectivity index (χ3n) is 5.09. The molecular weight excluding hydrogens is 230 g/mol. The Balaban J connectivity index is 2.54. The molecule has 1 aliphatic rings. The van der Waals surface area contributed by atoms with Gasteiger partial charge in [-0.1, -0.05) is 40.0 Å². The SMILES string of the molecule is CCC(CC)CC1CC(C)CCC1CNC(C)(C)C. The first-order chi connectivity index (χ1) is 8.85. The van der Waals surface area contributed by atoms with Crippen LogP contribution in [0.5, 0.6) is 0 Å². The van der Waals surface area contributed by atoms with Crippen molar-refractivity contribution in [1.82, 2.24) is 5.32 Å². The molecule has 0 aliphatic heterocycles. The molecule has 0 aromatic carbocycles. The van der Waals surface area contributed by atoms with Crippen LogP contribution >= 0.6 is 0 Å². The Kier molecular flexibility index (Phi) is 6.86. The van der Waals surface area contributed by atoms with Gasteiger partial charge in [0, 0.05) is 5.54 Å². The van der Waals surface area contributed by atoms with Crippen LogP contribution in [0.2, 0.25) is 0 Å². The molecule has 0 radical (unpaired) electrons. The van der Waals surface area contributed by atoms with Gasteiger partial charge in [0.1, 0.15) is 0 Å². The van der Waals surface area contributed by atoms with E-state index in [1.54, 1.807) is 0 Å². The van der Waals surface area contributed by atoms with E-state index < -0.39 is 0 Å². The lowest BCUT2D eigenvalue weighted by molar-refractivity contribution is 0.145. The summed E-state index contributed by atoms with van der Waals surface area (Å²) in [5, 5.41) is 3.75. The van der Waals surface area contributed by atoms with Gasteiger partial charge in [0.05, 0.1) is 0 Å². The van der Waals surface area contributed by atoms with Crippen LogP contribution < -0.4 is 5.32 Å². The molecule has 0 amide bonds. The first-order valence-corrected chi connectivity index (χ1v) is 8.60. The summed E-state index contributed by atoms with van der Waals surface area (Å²) in [6, 6.07) is 0. The second kappa shape index (κ2) is 7.67. The maximum atomic E-state index is 3.75. The largest absolute Gasteiger partial charge is 0.312 e. The molecule has 3 unspecified atom stereocenters. The number of hydrogen-bond acceptors (Lipinski definition) is 1. The monoisotopic (exact) mass is 267 g/mol. The van der Waals surface area contributed by atoms with Crippen LogP contribution in [0.4, 0.5) is 0 Å². The lowest BCUT2D eigenvalue weighted by atomic mass is 9.70. The fourth-order valence-corrected chi connectivity index (χ4v) is 3.61. The number of nitrogens with one attached hydrogen (secondary N) is 1. The number of rotatable bonds is 6. The Morgan fingerprint density at radius 3 is 2.21 bits per heavy atom. The zero-order valence-corrected chi connectivity index (χ0v) is 14.3. The van der Waals surface area contributed by atoms with Crippen molar-refractivity contribution in [2.75, 3.05) is 6.54 Å². The molecule has 1 N–H and O–H groups in total. The standard InChI is InChI=1S/C18H37N/c1-7-15(8-2)12-17-11-14(3)9-10-16(17)13-19-18(4,5)6/h14-17,19H,7-13H2,1-6H3. The van der Waals surface area contributed by atoms with Gasteiger partial charge < -0.3 is 5.32 Å². The van der Waals surface area contributed by atoms with E-state index >= 15 is 0 Å². The van der Waals surface area contributed by atoms with E-state index in [4.69, 9.17) is 0 Å². The molecular formula is C18H37N. The molecule has 0 spiro atoms. The molecule has 0 aromatic rings. The highest BCUT2D eigenvalue weighted by atomic mass is 14.9. The van der Waals surface area contributed by atoms with Crippen LogP contribution in [0, 0.1) is 23.7 Å². The van der Waals surface area contributed by atoms with Gasteiger partial charge in [0.15, 0.2) is 0 Å². The van der Waals surface area contributed by atoms with Gasteiger partial charge >= 0.3 is 0 Å². The van der Waals surface area contributed by atoms with Gasteiger partial charge in [0.2, 0.25) is 0 Å². The summed E-state index contributed by atoms with van der Waals surface area (Å²) >= 11 is 0. The molecule has 1 heteroatoms. The Labute approximate surface area is 121 Å². The minimum atomic E-state index is 0.266. The molecule has 1 nitrogen and oxygen atoms in total. The van der Waals surface area contributed by atoms with Gasteiger partial charge in [-0.05, 0) is 70.3 Å². The van der Waals surface area contributed by atoms with Crippen molar-refractivity contribution in [2.45, 2.75) is 85.6 Å². The molecule has 0 aromatic heterocycles. The predicted molar refractivity (Wildman–Crippen MR) is 86.4 cm³/mol. The zero-order chi connectivity index (χ0) is 14.5. The quantitative estimate of drug-likeness (QED) is 0.693. The van der Waals surface area contributed by atoms with Crippen LogP contribution in [0.1, 0.15) is 80.1 Å². The summed E-state index contributed by atoms with van der Waals surface area (Å²) in [4.78, 5) is 0. The van der Waals surface area contributed by atoms with Crippen LogP contribution in [-0.2, 0) is 0 Å². The Morgan fingerprint density at radius 1 is 1.05 bits per heavy atom. The minimum absolute atomic E-state index is 0.266. The van der Waals surface area contributed by atoms with Gasteiger partial charge in [-0.15, -0.1) is 0 Å². The van der Waals surface area contributed by atoms with Crippen LogP contribution in [0.25, 0.3) is 0 Å². The highest BCUT2D eigenvalue weighted by Crippen LogP contribution is 2.38. The molecule has 1 fully saturated rings. The van der Waals surface area contributed by atoms with Gasteiger partial charge in [-0.3, -0.25) is 0 Å². The average molecular weight is 268 g/mol. The predicted octanol–water partition coefficient (Wildman–Crippen LogP) is 5.25. The maximum absolute atomic E-state index is 3.75. The van der Waals surface area contributed by atoms with Crippen molar-refractivity contribution in [2.24, 2.45) is 23.7 Å². The molecule has 0 saturated heterocycles. The zero-order valence-electron chi connectivity index (χ0n) is 14.3. The summed E-state index contributed by atoms with van der Waals surface area (Å²) in [5.74, 6) is 3.78. The van der Waals surface area contributed by atoms with Gasteiger partial charge in [-0.2, -0.15) is 0 Å². The second-order valence-electron chi connectivity index (χ2n) is 7.99. The molecule has 1 rings (SSSR count). The second-order valence-corrected chi connectivity index (χ2v) is 7.99. The third kappa shape index (κ3) is 6.29. The smallest absolute Gasteiger partial charge is 0.00966 e. The average Bonchev–Trinajstić information content (AvgIpc) is 2.33. The summed E-state index contributed by atoms with van der Waals surface area (Å²) in [6.45, 7) is 15.3. The third-order valence-corrected chi connectivity index (χ3v) is 5.09. The van der Waals surface area contributed by atoms with Crippen LogP contribution in [-0.4, -0.2) is 12.1 Å². The van der Waals surface area contributed by atoms with Gasteiger partial charge in [-0.25, -0.2) is 0 Å². The lowest BCUT2D eigenvalue weighted by Crippen LogP contribution is -2.42. The van der Waals surface area contributed by atoms with Crippen LogP contribution in [0.3, 0.4) is 0 Å². The first-order valence-electron chi connectivity index (χ1n) is 8.60. The van der Waals surface area contributed by atoms with Crippen LogP contribution in [0.15, 0.2) is 0 Å². The Morgan fingerprint density at radius 2 is 1.68 bits per heavy atom. The number of hydrogen-bond donors (Lipinski definition) is 1.